The number of amides is 2. The third-order valence-corrected chi connectivity index (χ3v) is 4.72. The van der Waals surface area contributed by atoms with Crippen molar-refractivity contribution in [3.8, 4) is 5.75 Å². The Hall–Kier alpha value is -3.23. The number of hydrogen-bond acceptors (Lipinski definition) is 4. The van der Waals surface area contributed by atoms with Crippen LogP contribution in [0.15, 0.2) is 41.3 Å². The minimum Gasteiger partial charge on any atom is -0.435 e. The molecular formula is C20H21F2N3O4. The highest BCUT2D eigenvalue weighted by Gasteiger charge is 2.34. The lowest BCUT2D eigenvalue weighted by Gasteiger charge is -2.13. The number of carbonyl (C=O) groups is 2. The highest BCUT2D eigenvalue weighted by Crippen LogP contribution is 2.29. The Morgan fingerprint density at radius 3 is 2.62 bits per heavy atom. The summed E-state index contributed by atoms with van der Waals surface area (Å²) in [6, 6.07) is 7.23. The Labute approximate surface area is 165 Å². The molecule has 0 radical (unpaired) electrons. The van der Waals surface area contributed by atoms with Gasteiger partial charge in [0.1, 0.15) is 11.3 Å². The summed E-state index contributed by atoms with van der Waals surface area (Å²) in [6.07, 6.45) is 2.24. The van der Waals surface area contributed by atoms with Gasteiger partial charge in [0.15, 0.2) is 0 Å². The van der Waals surface area contributed by atoms with Crippen molar-refractivity contribution in [2.24, 2.45) is 5.92 Å². The molecule has 1 aliphatic carbocycles. The van der Waals surface area contributed by atoms with Crippen molar-refractivity contribution < 1.29 is 23.1 Å². The quantitative estimate of drug-likeness (QED) is 0.737. The minimum atomic E-state index is -2.97. The second kappa shape index (κ2) is 8.42. The number of alkyl halides is 2. The van der Waals surface area contributed by atoms with E-state index < -0.39 is 18.1 Å². The summed E-state index contributed by atoms with van der Waals surface area (Å²) in [6.45, 7) is -0.981. The van der Waals surface area contributed by atoms with Crippen LogP contribution in [0.1, 0.15) is 39.6 Å². The van der Waals surface area contributed by atoms with Crippen LogP contribution in [0.5, 0.6) is 5.75 Å². The standard InChI is InChI=1S/C20H21F2N3O4/c1-11-6-16(11)24-17(26)13-8-15(18(27)23-2)19(28)25(10-13)9-12-4-3-5-14(7-12)29-20(21)22/h3-5,7-8,10-11,16,20H,6,9H2,1-2H3,(H,23,27)(H,24,26)/t11-,16-/m0/s1. The lowest BCUT2D eigenvalue weighted by molar-refractivity contribution is -0.0498. The monoisotopic (exact) mass is 405 g/mol. The van der Waals surface area contributed by atoms with Crippen LogP contribution in [0.25, 0.3) is 0 Å². The molecule has 2 amide bonds. The number of aromatic nitrogens is 1. The summed E-state index contributed by atoms with van der Waals surface area (Å²) in [5.41, 5.74) is -0.103. The van der Waals surface area contributed by atoms with Crippen LogP contribution in [0.4, 0.5) is 8.78 Å². The summed E-state index contributed by atoms with van der Waals surface area (Å²) in [5.74, 6) is -0.657. The molecule has 1 saturated carbocycles. The summed E-state index contributed by atoms with van der Waals surface area (Å²) < 4.78 is 30.5. The zero-order valence-electron chi connectivity index (χ0n) is 15.9. The van der Waals surface area contributed by atoms with Crippen molar-refractivity contribution in [2.75, 3.05) is 7.05 Å². The van der Waals surface area contributed by atoms with E-state index in [1.165, 1.54) is 42.1 Å². The van der Waals surface area contributed by atoms with E-state index in [0.29, 0.717) is 11.5 Å². The molecular weight excluding hydrogens is 384 g/mol. The maximum atomic E-state index is 12.7. The van der Waals surface area contributed by atoms with Gasteiger partial charge in [0.05, 0.1) is 12.1 Å². The van der Waals surface area contributed by atoms with Gasteiger partial charge >= 0.3 is 6.61 Å². The number of halogens is 2. The topological polar surface area (TPSA) is 89.4 Å². The Kier molecular flexibility index (Phi) is 5.95. The summed E-state index contributed by atoms with van der Waals surface area (Å²) in [5, 5.41) is 5.24. The maximum Gasteiger partial charge on any atom is 0.387 e. The van der Waals surface area contributed by atoms with Crippen molar-refractivity contribution >= 4 is 11.8 Å². The van der Waals surface area contributed by atoms with Gasteiger partial charge < -0.3 is 19.9 Å². The van der Waals surface area contributed by atoms with Crippen molar-refractivity contribution in [1.82, 2.24) is 15.2 Å². The number of benzene rings is 1. The fourth-order valence-electron chi connectivity index (χ4n) is 2.97. The number of rotatable bonds is 7. The first-order valence-electron chi connectivity index (χ1n) is 9.09. The van der Waals surface area contributed by atoms with Crippen molar-refractivity contribution in [3.05, 3.63) is 63.6 Å². The van der Waals surface area contributed by atoms with Crippen LogP contribution in [0, 0.1) is 5.92 Å². The molecule has 1 aromatic heterocycles. The third kappa shape index (κ3) is 4.98. The summed E-state index contributed by atoms with van der Waals surface area (Å²) in [7, 11) is 1.38. The van der Waals surface area contributed by atoms with Crippen LogP contribution in [-0.4, -0.2) is 36.1 Å². The lowest BCUT2D eigenvalue weighted by Crippen LogP contribution is -2.34. The highest BCUT2D eigenvalue weighted by atomic mass is 19.3. The molecule has 2 N–H and O–H groups in total. The third-order valence-electron chi connectivity index (χ3n) is 4.72. The second-order valence-corrected chi connectivity index (χ2v) is 6.97. The number of carbonyl (C=O) groups excluding carboxylic acids is 2. The molecule has 3 rings (SSSR count). The summed E-state index contributed by atoms with van der Waals surface area (Å²) in [4.78, 5) is 37.4. The Balaban J connectivity index is 1.94. The van der Waals surface area contributed by atoms with E-state index in [9.17, 15) is 23.2 Å². The maximum absolute atomic E-state index is 12.7. The minimum absolute atomic E-state index is 0.0236. The Morgan fingerprint density at radius 1 is 1.28 bits per heavy atom. The van der Waals surface area contributed by atoms with E-state index >= 15 is 0 Å². The van der Waals surface area contributed by atoms with Gasteiger partial charge in [-0.3, -0.25) is 14.4 Å². The van der Waals surface area contributed by atoms with Gasteiger partial charge in [0.25, 0.3) is 17.4 Å². The zero-order valence-corrected chi connectivity index (χ0v) is 15.9. The first-order chi connectivity index (χ1) is 13.8. The van der Waals surface area contributed by atoms with Gasteiger partial charge in [0.2, 0.25) is 0 Å². The van der Waals surface area contributed by atoms with Crippen LogP contribution in [0.2, 0.25) is 0 Å². The molecule has 1 aromatic carbocycles. The first-order valence-corrected chi connectivity index (χ1v) is 9.09. The van der Waals surface area contributed by atoms with E-state index in [1.807, 2.05) is 6.92 Å². The van der Waals surface area contributed by atoms with E-state index in [-0.39, 0.29) is 35.4 Å². The van der Waals surface area contributed by atoms with Crippen LogP contribution in [0.3, 0.4) is 0 Å². The predicted molar refractivity (Wildman–Crippen MR) is 101 cm³/mol. The second-order valence-electron chi connectivity index (χ2n) is 6.97. The molecule has 0 unspecified atom stereocenters. The molecule has 1 aliphatic rings. The molecule has 2 aromatic rings. The van der Waals surface area contributed by atoms with Crippen LogP contribution >= 0.6 is 0 Å². The Morgan fingerprint density at radius 2 is 2.00 bits per heavy atom. The SMILES string of the molecule is CNC(=O)c1cc(C(=O)N[C@H]2C[C@@H]2C)cn(Cc2cccc(OC(F)F)c2)c1=O. The Bertz CT molecular complexity index is 990. The van der Waals surface area contributed by atoms with Gasteiger partial charge in [-0.2, -0.15) is 8.78 Å². The van der Waals surface area contributed by atoms with E-state index in [2.05, 4.69) is 15.4 Å². The van der Waals surface area contributed by atoms with Gasteiger partial charge in [-0.15, -0.1) is 0 Å². The number of ether oxygens (including phenoxy) is 1. The molecule has 1 heterocycles. The molecule has 1 fully saturated rings. The van der Waals surface area contributed by atoms with Gasteiger partial charge in [-0.05, 0) is 36.1 Å². The molecule has 29 heavy (non-hydrogen) atoms. The predicted octanol–water partition coefficient (Wildman–Crippen LogP) is 2.00. The van der Waals surface area contributed by atoms with Crippen LogP contribution < -0.4 is 20.9 Å². The zero-order chi connectivity index (χ0) is 21.1. The highest BCUT2D eigenvalue weighted by molar-refractivity contribution is 5.99. The fraction of sp³-hybridized carbons (Fsp3) is 0.350. The summed E-state index contributed by atoms with van der Waals surface area (Å²) >= 11 is 0. The van der Waals surface area contributed by atoms with Gasteiger partial charge in [0, 0.05) is 19.3 Å². The first kappa shape index (κ1) is 20.5. The molecule has 7 nitrogen and oxygen atoms in total. The molecule has 154 valence electrons. The van der Waals surface area contributed by atoms with Gasteiger partial charge in [-0.1, -0.05) is 19.1 Å². The fourth-order valence-corrected chi connectivity index (χ4v) is 2.97. The number of nitrogens with zero attached hydrogens (tertiary/aromatic N) is 1. The molecule has 2 atom stereocenters. The normalized spacial score (nSPS) is 17.7. The van der Waals surface area contributed by atoms with E-state index in [1.54, 1.807) is 6.07 Å². The number of hydrogen-bond donors (Lipinski definition) is 2. The average molecular weight is 405 g/mol. The molecule has 0 spiro atoms. The molecule has 0 aliphatic heterocycles. The van der Waals surface area contributed by atoms with Crippen molar-refractivity contribution in [2.45, 2.75) is 32.5 Å². The van der Waals surface area contributed by atoms with Crippen LogP contribution in [-0.2, 0) is 6.54 Å². The van der Waals surface area contributed by atoms with Crippen molar-refractivity contribution in [3.63, 3.8) is 0 Å². The van der Waals surface area contributed by atoms with Gasteiger partial charge in [-0.25, -0.2) is 0 Å². The lowest BCUT2D eigenvalue weighted by atomic mass is 10.1. The largest absolute Gasteiger partial charge is 0.435 e. The number of pyridine rings is 1. The van der Waals surface area contributed by atoms with E-state index in [4.69, 9.17) is 0 Å². The van der Waals surface area contributed by atoms with Crippen molar-refractivity contribution in [1.29, 1.82) is 0 Å². The average Bonchev–Trinajstić information content (AvgIpc) is 3.36. The molecule has 9 heteroatoms. The number of nitrogens with one attached hydrogen (secondary N) is 2. The smallest absolute Gasteiger partial charge is 0.387 e. The molecule has 0 bridgehead atoms. The van der Waals surface area contributed by atoms with E-state index in [0.717, 1.165) is 6.42 Å². The molecule has 0 saturated heterocycles.